The van der Waals surface area contributed by atoms with Crippen LogP contribution in [0.25, 0.3) is 11.1 Å². The summed E-state index contributed by atoms with van der Waals surface area (Å²) in [5, 5.41) is 8.98. The zero-order valence-corrected chi connectivity index (χ0v) is 9.23. The van der Waals surface area contributed by atoms with Gasteiger partial charge in [-0.1, -0.05) is 13.0 Å². The summed E-state index contributed by atoms with van der Waals surface area (Å²) in [5.74, 6) is -0.508. The minimum Gasteiger partial charge on any atom is -0.408 e. The predicted octanol–water partition coefficient (Wildman–Crippen LogP) is 2.15. The van der Waals surface area contributed by atoms with Crippen molar-refractivity contribution in [3.63, 3.8) is 0 Å². The summed E-state index contributed by atoms with van der Waals surface area (Å²) in [4.78, 5) is 11.3. The van der Waals surface area contributed by atoms with E-state index >= 15 is 0 Å². The molecule has 0 spiro atoms. The maximum Gasteiger partial charge on any atom is 0.419 e. The lowest BCUT2D eigenvalue weighted by atomic mass is 9.98. The Morgan fingerprint density at radius 2 is 2.31 bits per heavy atom. The van der Waals surface area contributed by atoms with Gasteiger partial charge in [-0.15, -0.1) is 0 Å². The Kier molecular flexibility index (Phi) is 2.53. The molecule has 0 radical (unpaired) electrons. The molecule has 0 aliphatic carbocycles. The lowest BCUT2D eigenvalue weighted by Crippen LogP contribution is -2.08. The van der Waals surface area contributed by atoms with Crippen LogP contribution in [0.4, 0.5) is 0 Å². The number of hydrogen-bond donors (Lipinski definition) is 0. The highest BCUT2D eigenvalue weighted by Crippen LogP contribution is 2.22. The summed E-state index contributed by atoms with van der Waals surface area (Å²) >= 11 is 0. The first-order valence-corrected chi connectivity index (χ1v) is 5.16. The minimum absolute atomic E-state index is 0.130. The summed E-state index contributed by atoms with van der Waals surface area (Å²) in [7, 11) is 1.66. The first kappa shape index (κ1) is 10.5. The van der Waals surface area contributed by atoms with Gasteiger partial charge in [-0.3, -0.25) is 4.57 Å². The average Bonchev–Trinajstić information content (AvgIpc) is 2.57. The normalized spacial score (nSPS) is 12.6. The summed E-state index contributed by atoms with van der Waals surface area (Å²) in [6, 6.07) is 7.66. The molecular weight excluding hydrogens is 204 g/mol. The molecule has 1 unspecified atom stereocenters. The van der Waals surface area contributed by atoms with Crippen molar-refractivity contribution in [2.45, 2.75) is 19.3 Å². The van der Waals surface area contributed by atoms with Crippen LogP contribution in [0, 0.1) is 11.3 Å². The molecule has 0 aliphatic rings. The average molecular weight is 216 g/mol. The maximum absolute atomic E-state index is 11.3. The quantitative estimate of drug-likeness (QED) is 0.772. The first-order valence-electron chi connectivity index (χ1n) is 5.16. The molecule has 82 valence electrons. The molecule has 0 saturated heterocycles. The van der Waals surface area contributed by atoms with Crippen molar-refractivity contribution in [3.8, 4) is 6.07 Å². The Hall–Kier alpha value is -2.02. The molecule has 0 saturated carbocycles. The van der Waals surface area contributed by atoms with E-state index in [4.69, 9.17) is 9.68 Å². The summed E-state index contributed by atoms with van der Waals surface area (Å²) in [6.45, 7) is 1.96. The standard InChI is InChI=1S/C12H12N2O2/c1-3-8(7-13)9-4-5-11-10(6-9)14(2)12(15)16-11/h4-6,8H,3H2,1-2H3. The van der Waals surface area contributed by atoms with Crippen LogP contribution in [0.15, 0.2) is 27.4 Å². The highest BCUT2D eigenvalue weighted by Gasteiger charge is 2.11. The van der Waals surface area contributed by atoms with Gasteiger partial charge in [0.2, 0.25) is 0 Å². The zero-order valence-electron chi connectivity index (χ0n) is 9.23. The fraction of sp³-hybridized carbons (Fsp3) is 0.333. The highest BCUT2D eigenvalue weighted by atomic mass is 16.4. The Balaban J connectivity index is 2.64. The van der Waals surface area contributed by atoms with Gasteiger partial charge < -0.3 is 4.42 Å². The van der Waals surface area contributed by atoms with E-state index < -0.39 is 0 Å². The van der Waals surface area contributed by atoms with E-state index in [0.717, 1.165) is 17.5 Å². The summed E-state index contributed by atoms with van der Waals surface area (Å²) in [6.07, 6.45) is 0.758. The van der Waals surface area contributed by atoms with Crippen molar-refractivity contribution < 1.29 is 4.42 Å². The van der Waals surface area contributed by atoms with E-state index in [9.17, 15) is 4.79 Å². The van der Waals surface area contributed by atoms with Crippen molar-refractivity contribution in [1.29, 1.82) is 5.26 Å². The third kappa shape index (κ3) is 1.50. The predicted molar refractivity (Wildman–Crippen MR) is 60.1 cm³/mol. The van der Waals surface area contributed by atoms with E-state index in [0.29, 0.717) is 5.58 Å². The van der Waals surface area contributed by atoms with Crippen LogP contribution in [-0.4, -0.2) is 4.57 Å². The van der Waals surface area contributed by atoms with Gasteiger partial charge in [0.15, 0.2) is 5.58 Å². The van der Waals surface area contributed by atoms with Crippen LogP contribution >= 0.6 is 0 Å². The lowest BCUT2D eigenvalue weighted by molar-refractivity contribution is 0.528. The second kappa shape index (κ2) is 3.86. The number of hydrogen-bond acceptors (Lipinski definition) is 3. The van der Waals surface area contributed by atoms with Crippen LogP contribution in [0.2, 0.25) is 0 Å². The molecule has 0 N–H and O–H groups in total. The van der Waals surface area contributed by atoms with Gasteiger partial charge in [0.25, 0.3) is 0 Å². The van der Waals surface area contributed by atoms with Crippen molar-refractivity contribution in [2.75, 3.05) is 0 Å². The molecule has 0 bridgehead atoms. The van der Waals surface area contributed by atoms with E-state index in [1.807, 2.05) is 19.1 Å². The molecule has 0 fully saturated rings. The van der Waals surface area contributed by atoms with Gasteiger partial charge >= 0.3 is 5.76 Å². The number of benzene rings is 1. The van der Waals surface area contributed by atoms with Gasteiger partial charge in [-0.25, -0.2) is 4.79 Å². The lowest BCUT2D eigenvalue weighted by Gasteiger charge is -2.05. The molecule has 0 amide bonds. The van der Waals surface area contributed by atoms with E-state index in [2.05, 4.69) is 6.07 Å². The third-order valence-electron chi connectivity index (χ3n) is 2.78. The summed E-state index contributed by atoms with van der Waals surface area (Å²) < 4.78 is 6.47. The molecule has 16 heavy (non-hydrogen) atoms. The molecule has 2 aromatic rings. The van der Waals surface area contributed by atoms with Gasteiger partial charge in [-0.05, 0) is 24.1 Å². The topological polar surface area (TPSA) is 58.9 Å². The molecule has 1 aromatic carbocycles. The molecule has 1 aromatic heterocycles. The Labute approximate surface area is 92.7 Å². The molecule has 1 heterocycles. The number of rotatable bonds is 2. The molecular formula is C12H12N2O2. The molecule has 1 atom stereocenters. The van der Waals surface area contributed by atoms with E-state index in [-0.39, 0.29) is 11.7 Å². The van der Waals surface area contributed by atoms with Crippen LogP contribution < -0.4 is 5.76 Å². The zero-order chi connectivity index (χ0) is 11.7. The van der Waals surface area contributed by atoms with Crippen LogP contribution in [0.3, 0.4) is 0 Å². The van der Waals surface area contributed by atoms with Crippen LogP contribution in [-0.2, 0) is 7.05 Å². The number of nitrogens with zero attached hydrogens (tertiary/aromatic N) is 2. The largest absolute Gasteiger partial charge is 0.419 e. The van der Waals surface area contributed by atoms with Crippen LogP contribution in [0.1, 0.15) is 24.8 Å². The molecule has 4 heteroatoms. The Morgan fingerprint density at radius 1 is 1.56 bits per heavy atom. The fourth-order valence-corrected chi connectivity index (χ4v) is 1.76. The molecule has 4 nitrogen and oxygen atoms in total. The Bertz CT molecular complexity index is 616. The third-order valence-corrected chi connectivity index (χ3v) is 2.78. The number of aryl methyl sites for hydroxylation is 1. The highest BCUT2D eigenvalue weighted by molar-refractivity contribution is 5.74. The van der Waals surface area contributed by atoms with Crippen molar-refractivity contribution in [2.24, 2.45) is 7.05 Å². The Morgan fingerprint density at radius 3 is 2.94 bits per heavy atom. The maximum atomic E-state index is 11.3. The minimum atomic E-state index is -0.378. The molecule has 2 rings (SSSR count). The SMILES string of the molecule is CCC(C#N)c1ccc2oc(=O)n(C)c2c1. The monoisotopic (exact) mass is 216 g/mol. The number of nitriles is 1. The smallest absolute Gasteiger partial charge is 0.408 e. The number of aromatic nitrogens is 1. The second-order valence-electron chi connectivity index (χ2n) is 3.74. The number of fused-ring (bicyclic) bond motifs is 1. The first-order chi connectivity index (χ1) is 7.67. The van der Waals surface area contributed by atoms with Gasteiger partial charge in [0.05, 0.1) is 17.5 Å². The fourth-order valence-electron chi connectivity index (χ4n) is 1.76. The second-order valence-corrected chi connectivity index (χ2v) is 3.74. The summed E-state index contributed by atoms with van der Waals surface area (Å²) in [5.41, 5.74) is 2.22. The van der Waals surface area contributed by atoms with Crippen molar-refractivity contribution >= 4 is 11.1 Å². The van der Waals surface area contributed by atoms with Crippen LogP contribution in [0.5, 0.6) is 0 Å². The van der Waals surface area contributed by atoms with Gasteiger partial charge in [0.1, 0.15) is 0 Å². The van der Waals surface area contributed by atoms with E-state index in [1.165, 1.54) is 4.57 Å². The van der Waals surface area contributed by atoms with E-state index in [1.54, 1.807) is 13.1 Å². The number of oxazole rings is 1. The van der Waals surface area contributed by atoms with Gasteiger partial charge in [-0.2, -0.15) is 5.26 Å². The van der Waals surface area contributed by atoms with Gasteiger partial charge in [0, 0.05) is 7.05 Å². The molecule has 0 aliphatic heterocycles. The van der Waals surface area contributed by atoms with Crippen molar-refractivity contribution in [1.82, 2.24) is 4.57 Å². The van der Waals surface area contributed by atoms with Crippen molar-refractivity contribution in [3.05, 3.63) is 34.3 Å².